The van der Waals surface area contributed by atoms with Crippen LogP contribution in [0.15, 0.2) is 48.7 Å². The molecule has 1 amide bonds. The third kappa shape index (κ3) is 3.99. The van der Waals surface area contributed by atoms with Crippen LogP contribution >= 0.6 is 0 Å². The standard InChI is InChI=1S/C20H24N4O/c25-20(23-12-15-6-7-15)17-8-9-19(22-13-17)24-11-10-21-18(14-24)16-4-2-1-3-5-16/h1-5,8-9,13,15,18,21H,6-7,10-12,14H2,(H,23,25). The fourth-order valence-corrected chi connectivity index (χ4v) is 3.24. The maximum absolute atomic E-state index is 12.1. The number of nitrogens with one attached hydrogen (secondary N) is 2. The molecule has 130 valence electrons. The van der Waals surface area contributed by atoms with Crippen molar-refractivity contribution in [1.29, 1.82) is 0 Å². The van der Waals surface area contributed by atoms with Gasteiger partial charge < -0.3 is 15.5 Å². The van der Waals surface area contributed by atoms with E-state index in [0.29, 0.717) is 17.5 Å². The van der Waals surface area contributed by atoms with Crippen LogP contribution in [-0.4, -0.2) is 37.1 Å². The van der Waals surface area contributed by atoms with Gasteiger partial charge in [-0.25, -0.2) is 4.98 Å². The summed E-state index contributed by atoms with van der Waals surface area (Å²) in [4.78, 5) is 18.9. The van der Waals surface area contributed by atoms with Crippen molar-refractivity contribution in [2.75, 3.05) is 31.1 Å². The number of rotatable bonds is 5. The van der Waals surface area contributed by atoms with Gasteiger partial charge in [-0.1, -0.05) is 30.3 Å². The summed E-state index contributed by atoms with van der Waals surface area (Å²) in [6, 6.07) is 14.6. The van der Waals surface area contributed by atoms with Gasteiger partial charge >= 0.3 is 0 Å². The predicted octanol–water partition coefficient (Wildman–Crippen LogP) is 2.37. The Morgan fingerprint density at radius 1 is 1.20 bits per heavy atom. The van der Waals surface area contributed by atoms with Crippen molar-refractivity contribution in [3.63, 3.8) is 0 Å². The monoisotopic (exact) mass is 336 g/mol. The van der Waals surface area contributed by atoms with Gasteiger partial charge in [-0.15, -0.1) is 0 Å². The molecule has 1 aromatic heterocycles. The van der Waals surface area contributed by atoms with Crippen molar-refractivity contribution < 1.29 is 4.79 Å². The lowest BCUT2D eigenvalue weighted by Gasteiger charge is -2.34. The fraction of sp³-hybridized carbons (Fsp3) is 0.400. The molecule has 5 nitrogen and oxygen atoms in total. The number of anilines is 1. The van der Waals surface area contributed by atoms with Gasteiger partial charge in [0.2, 0.25) is 0 Å². The zero-order valence-corrected chi connectivity index (χ0v) is 14.3. The minimum Gasteiger partial charge on any atom is -0.353 e. The van der Waals surface area contributed by atoms with Crippen LogP contribution in [0.2, 0.25) is 0 Å². The number of nitrogens with zero attached hydrogens (tertiary/aromatic N) is 2. The predicted molar refractivity (Wildman–Crippen MR) is 98.7 cm³/mol. The van der Waals surface area contributed by atoms with E-state index in [1.165, 1.54) is 18.4 Å². The molecular formula is C20H24N4O. The Morgan fingerprint density at radius 3 is 2.76 bits per heavy atom. The summed E-state index contributed by atoms with van der Waals surface area (Å²) >= 11 is 0. The quantitative estimate of drug-likeness (QED) is 0.880. The van der Waals surface area contributed by atoms with Crippen molar-refractivity contribution in [2.24, 2.45) is 5.92 Å². The number of carbonyl (C=O) groups is 1. The molecule has 2 fully saturated rings. The van der Waals surface area contributed by atoms with Crippen LogP contribution in [-0.2, 0) is 0 Å². The number of piperazine rings is 1. The first kappa shape index (κ1) is 16.1. The molecule has 25 heavy (non-hydrogen) atoms. The lowest BCUT2D eigenvalue weighted by molar-refractivity contribution is 0.0951. The molecule has 2 N–H and O–H groups in total. The summed E-state index contributed by atoms with van der Waals surface area (Å²) < 4.78 is 0. The van der Waals surface area contributed by atoms with Crippen LogP contribution in [0.5, 0.6) is 0 Å². The summed E-state index contributed by atoms with van der Waals surface area (Å²) in [6.45, 7) is 3.51. The Balaban J connectivity index is 1.39. The molecule has 2 aliphatic rings. The largest absolute Gasteiger partial charge is 0.353 e. The number of hydrogen-bond donors (Lipinski definition) is 2. The van der Waals surface area contributed by atoms with Gasteiger partial charge in [0, 0.05) is 38.4 Å². The van der Waals surface area contributed by atoms with E-state index >= 15 is 0 Å². The first-order chi connectivity index (χ1) is 12.3. The zero-order chi connectivity index (χ0) is 17.1. The van der Waals surface area contributed by atoms with Crippen molar-refractivity contribution >= 4 is 11.7 Å². The topological polar surface area (TPSA) is 57.3 Å². The molecule has 2 heterocycles. The maximum atomic E-state index is 12.1. The first-order valence-corrected chi connectivity index (χ1v) is 9.07. The second kappa shape index (κ2) is 7.23. The number of pyridine rings is 1. The fourth-order valence-electron chi connectivity index (χ4n) is 3.24. The third-order valence-electron chi connectivity index (χ3n) is 4.96. The van der Waals surface area contributed by atoms with E-state index in [-0.39, 0.29) is 5.91 Å². The molecule has 1 saturated carbocycles. The van der Waals surface area contributed by atoms with E-state index < -0.39 is 0 Å². The van der Waals surface area contributed by atoms with Crippen molar-refractivity contribution in [2.45, 2.75) is 18.9 Å². The Morgan fingerprint density at radius 2 is 2.04 bits per heavy atom. The first-order valence-electron chi connectivity index (χ1n) is 9.07. The molecule has 0 bridgehead atoms. The van der Waals surface area contributed by atoms with E-state index in [4.69, 9.17) is 0 Å². The second-order valence-electron chi connectivity index (χ2n) is 6.92. The molecule has 1 aliphatic carbocycles. The van der Waals surface area contributed by atoms with E-state index in [0.717, 1.165) is 32.0 Å². The summed E-state index contributed by atoms with van der Waals surface area (Å²) in [6.07, 6.45) is 4.17. The van der Waals surface area contributed by atoms with E-state index in [1.54, 1.807) is 6.20 Å². The average molecular weight is 336 g/mol. The normalized spacial score (nSPS) is 20.3. The van der Waals surface area contributed by atoms with Gasteiger partial charge in [0.1, 0.15) is 5.82 Å². The molecule has 0 radical (unpaired) electrons. The van der Waals surface area contributed by atoms with Crippen LogP contribution in [0.3, 0.4) is 0 Å². The second-order valence-corrected chi connectivity index (χ2v) is 6.92. The number of carbonyl (C=O) groups excluding carboxylic acids is 1. The molecule has 1 aliphatic heterocycles. The summed E-state index contributed by atoms with van der Waals surface area (Å²) in [5, 5.41) is 6.55. The van der Waals surface area contributed by atoms with E-state index in [2.05, 4.69) is 44.8 Å². The van der Waals surface area contributed by atoms with Crippen molar-refractivity contribution in [3.05, 3.63) is 59.8 Å². The highest BCUT2D eigenvalue weighted by Gasteiger charge is 2.23. The van der Waals surface area contributed by atoms with Crippen molar-refractivity contribution in [1.82, 2.24) is 15.6 Å². The molecule has 1 atom stereocenters. The smallest absolute Gasteiger partial charge is 0.252 e. The highest BCUT2D eigenvalue weighted by atomic mass is 16.1. The van der Waals surface area contributed by atoms with Gasteiger partial charge in [0.25, 0.3) is 5.91 Å². The number of amides is 1. The van der Waals surface area contributed by atoms with Gasteiger partial charge in [-0.05, 0) is 36.5 Å². The molecule has 1 unspecified atom stereocenters. The Kier molecular flexibility index (Phi) is 4.65. The van der Waals surface area contributed by atoms with Gasteiger partial charge in [-0.2, -0.15) is 0 Å². The van der Waals surface area contributed by atoms with E-state index in [9.17, 15) is 4.79 Å². The van der Waals surface area contributed by atoms with Crippen LogP contribution in [0.4, 0.5) is 5.82 Å². The molecule has 1 aromatic carbocycles. The number of aromatic nitrogens is 1. The van der Waals surface area contributed by atoms with Gasteiger partial charge in [-0.3, -0.25) is 4.79 Å². The highest BCUT2D eigenvalue weighted by molar-refractivity contribution is 5.94. The van der Waals surface area contributed by atoms with Gasteiger partial charge in [0.05, 0.1) is 5.56 Å². The Bertz CT molecular complexity index is 712. The highest BCUT2D eigenvalue weighted by Crippen LogP contribution is 2.27. The molecule has 2 aromatic rings. The SMILES string of the molecule is O=C(NCC1CC1)c1ccc(N2CCNC(c3ccccc3)C2)nc1. The zero-order valence-electron chi connectivity index (χ0n) is 14.3. The minimum atomic E-state index is -0.0200. The molecule has 1 saturated heterocycles. The number of benzene rings is 1. The Labute approximate surface area is 148 Å². The van der Waals surface area contributed by atoms with Crippen LogP contribution < -0.4 is 15.5 Å². The molecule has 0 spiro atoms. The third-order valence-corrected chi connectivity index (χ3v) is 4.96. The summed E-state index contributed by atoms with van der Waals surface area (Å²) in [7, 11) is 0. The lowest BCUT2D eigenvalue weighted by atomic mass is 10.0. The van der Waals surface area contributed by atoms with Crippen LogP contribution in [0, 0.1) is 5.92 Å². The van der Waals surface area contributed by atoms with Crippen LogP contribution in [0.25, 0.3) is 0 Å². The Hall–Kier alpha value is -2.40. The number of hydrogen-bond acceptors (Lipinski definition) is 4. The maximum Gasteiger partial charge on any atom is 0.252 e. The molecule has 4 rings (SSSR count). The summed E-state index contributed by atoms with van der Waals surface area (Å²) in [5.41, 5.74) is 1.93. The van der Waals surface area contributed by atoms with Crippen molar-refractivity contribution in [3.8, 4) is 0 Å². The van der Waals surface area contributed by atoms with E-state index in [1.807, 2.05) is 18.2 Å². The lowest BCUT2D eigenvalue weighted by Crippen LogP contribution is -2.46. The molecule has 5 heteroatoms. The van der Waals surface area contributed by atoms with Gasteiger partial charge in [0.15, 0.2) is 0 Å². The molecular weight excluding hydrogens is 312 g/mol. The van der Waals surface area contributed by atoms with Crippen LogP contribution in [0.1, 0.15) is 34.8 Å². The summed E-state index contributed by atoms with van der Waals surface area (Å²) in [5.74, 6) is 1.60. The minimum absolute atomic E-state index is 0.0200. The average Bonchev–Trinajstić information content (AvgIpc) is 3.52.